The molecule has 2 aromatic rings. The highest BCUT2D eigenvalue weighted by Crippen LogP contribution is 2.17. The zero-order valence-corrected chi connectivity index (χ0v) is 10.1. The highest BCUT2D eigenvalue weighted by atomic mass is 35.5. The number of aromatic nitrogens is 2. The summed E-state index contributed by atoms with van der Waals surface area (Å²) < 4.78 is 7.34. The first-order chi connectivity index (χ1) is 8.29. The van der Waals surface area contributed by atoms with Crippen LogP contribution in [-0.4, -0.2) is 16.3 Å². The van der Waals surface area contributed by atoms with Crippen molar-refractivity contribution in [1.29, 1.82) is 0 Å². The summed E-state index contributed by atoms with van der Waals surface area (Å²) in [4.78, 5) is 0. The van der Waals surface area contributed by atoms with Gasteiger partial charge >= 0.3 is 0 Å². The Morgan fingerprint density at radius 1 is 1.35 bits per heavy atom. The molecule has 0 saturated carbocycles. The third-order valence-corrected chi connectivity index (χ3v) is 2.69. The van der Waals surface area contributed by atoms with Gasteiger partial charge in [-0.3, -0.25) is 4.68 Å². The van der Waals surface area contributed by atoms with Crippen LogP contribution >= 0.6 is 11.6 Å². The lowest BCUT2D eigenvalue weighted by molar-refractivity contribution is 0.306. The van der Waals surface area contributed by atoms with E-state index < -0.39 is 0 Å². The molecule has 5 heteroatoms. The normalized spacial score (nSPS) is 10.5. The number of rotatable bonds is 5. The fraction of sp³-hybridized carbons (Fsp3) is 0.250. The number of benzene rings is 1. The molecule has 0 aliphatic heterocycles. The monoisotopic (exact) mass is 251 g/mol. The Bertz CT molecular complexity index is 484. The van der Waals surface area contributed by atoms with Crippen LogP contribution in [0.3, 0.4) is 0 Å². The zero-order chi connectivity index (χ0) is 12.1. The number of hydrogen-bond donors (Lipinski definition) is 1. The zero-order valence-electron chi connectivity index (χ0n) is 9.34. The van der Waals surface area contributed by atoms with E-state index in [-0.39, 0.29) is 0 Å². The maximum Gasteiger partial charge on any atom is 0.157 e. The van der Waals surface area contributed by atoms with Crippen LogP contribution < -0.4 is 10.5 Å². The van der Waals surface area contributed by atoms with Gasteiger partial charge in [0.05, 0.1) is 18.9 Å². The average Bonchev–Trinajstić information content (AvgIpc) is 2.76. The van der Waals surface area contributed by atoms with Crippen molar-refractivity contribution in [3.05, 3.63) is 47.2 Å². The molecule has 0 fully saturated rings. The predicted octanol–water partition coefficient (Wildman–Crippen LogP) is 2.07. The minimum atomic E-state index is 0.438. The molecule has 2 rings (SSSR count). The average molecular weight is 252 g/mol. The number of ether oxygens (including phenoxy) is 1. The summed E-state index contributed by atoms with van der Waals surface area (Å²) >= 11 is 6.03. The molecule has 1 aromatic heterocycles. The summed E-state index contributed by atoms with van der Waals surface area (Å²) in [6.45, 7) is 1.69. The van der Waals surface area contributed by atoms with Crippen LogP contribution in [-0.2, 0) is 13.2 Å². The molecule has 17 heavy (non-hydrogen) atoms. The highest BCUT2D eigenvalue weighted by molar-refractivity contribution is 6.31. The Hall–Kier alpha value is -1.52. The lowest BCUT2D eigenvalue weighted by Gasteiger charge is -2.04. The second kappa shape index (κ2) is 5.70. The van der Waals surface area contributed by atoms with Crippen molar-refractivity contribution < 1.29 is 4.74 Å². The molecule has 90 valence electrons. The van der Waals surface area contributed by atoms with Crippen LogP contribution in [0.1, 0.15) is 5.56 Å². The minimum absolute atomic E-state index is 0.438. The van der Waals surface area contributed by atoms with Crippen molar-refractivity contribution in [1.82, 2.24) is 9.78 Å². The van der Waals surface area contributed by atoms with Gasteiger partial charge in [-0.1, -0.05) is 29.8 Å². The standard InChI is InChI=1S/C12H14ClN3O/c13-12-4-2-1-3-10(12)9-17-11-7-15-16(8-11)6-5-14/h1-4,7-8H,5-6,9,14H2. The van der Waals surface area contributed by atoms with Crippen LogP contribution in [0.4, 0.5) is 0 Å². The fourth-order valence-electron chi connectivity index (χ4n) is 1.45. The van der Waals surface area contributed by atoms with Gasteiger partial charge in [0, 0.05) is 17.1 Å². The molecular formula is C12H14ClN3O. The quantitative estimate of drug-likeness (QED) is 0.885. The number of halogens is 1. The van der Waals surface area contributed by atoms with Gasteiger partial charge in [-0.05, 0) is 6.07 Å². The van der Waals surface area contributed by atoms with Crippen LogP contribution in [0.5, 0.6) is 5.75 Å². The van der Waals surface area contributed by atoms with Gasteiger partial charge < -0.3 is 10.5 Å². The van der Waals surface area contributed by atoms with Crippen molar-refractivity contribution in [2.45, 2.75) is 13.2 Å². The molecule has 0 spiro atoms. The molecule has 4 nitrogen and oxygen atoms in total. The first-order valence-corrected chi connectivity index (χ1v) is 5.76. The SMILES string of the molecule is NCCn1cc(OCc2ccccc2Cl)cn1. The molecular weight excluding hydrogens is 238 g/mol. The third-order valence-electron chi connectivity index (χ3n) is 2.32. The van der Waals surface area contributed by atoms with Crippen molar-refractivity contribution in [2.24, 2.45) is 5.73 Å². The Labute approximate surface area is 105 Å². The van der Waals surface area contributed by atoms with Gasteiger partial charge in [0.15, 0.2) is 5.75 Å². The van der Waals surface area contributed by atoms with E-state index in [9.17, 15) is 0 Å². The first-order valence-electron chi connectivity index (χ1n) is 5.38. The second-order valence-corrected chi connectivity index (χ2v) is 4.02. The summed E-state index contributed by atoms with van der Waals surface area (Å²) in [7, 11) is 0. The Morgan fingerprint density at radius 2 is 2.18 bits per heavy atom. The molecule has 1 aromatic carbocycles. The number of hydrogen-bond acceptors (Lipinski definition) is 3. The van der Waals surface area contributed by atoms with Gasteiger partial charge in [-0.2, -0.15) is 5.10 Å². The highest BCUT2D eigenvalue weighted by Gasteiger charge is 2.02. The van der Waals surface area contributed by atoms with E-state index in [0.717, 1.165) is 11.3 Å². The number of nitrogens with two attached hydrogens (primary N) is 1. The van der Waals surface area contributed by atoms with Gasteiger partial charge in [-0.25, -0.2) is 0 Å². The third kappa shape index (κ3) is 3.22. The van der Waals surface area contributed by atoms with Gasteiger partial charge in [0.25, 0.3) is 0 Å². The van der Waals surface area contributed by atoms with Crippen molar-refractivity contribution in [2.75, 3.05) is 6.54 Å². The van der Waals surface area contributed by atoms with Crippen molar-refractivity contribution in [3.63, 3.8) is 0 Å². The van der Waals surface area contributed by atoms with E-state index in [0.29, 0.717) is 24.7 Å². The van der Waals surface area contributed by atoms with E-state index >= 15 is 0 Å². The molecule has 0 amide bonds. The summed E-state index contributed by atoms with van der Waals surface area (Å²) in [6, 6.07) is 7.61. The maximum absolute atomic E-state index is 6.03. The first kappa shape index (κ1) is 12.0. The molecule has 0 saturated heterocycles. The molecule has 0 bridgehead atoms. The van der Waals surface area contributed by atoms with Crippen LogP contribution in [0, 0.1) is 0 Å². The summed E-state index contributed by atoms with van der Waals surface area (Å²) in [5.74, 6) is 0.721. The van der Waals surface area contributed by atoms with E-state index in [1.54, 1.807) is 10.9 Å². The van der Waals surface area contributed by atoms with Crippen molar-refractivity contribution in [3.8, 4) is 5.75 Å². The minimum Gasteiger partial charge on any atom is -0.486 e. The summed E-state index contributed by atoms with van der Waals surface area (Å²) in [5, 5.41) is 4.83. The lowest BCUT2D eigenvalue weighted by atomic mass is 10.2. The Kier molecular flexibility index (Phi) is 4.01. The van der Waals surface area contributed by atoms with E-state index in [1.807, 2.05) is 30.5 Å². The largest absolute Gasteiger partial charge is 0.486 e. The molecule has 2 N–H and O–H groups in total. The molecule has 0 radical (unpaired) electrons. The van der Waals surface area contributed by atoms with Gasteiger partial charge in [0.2, 0.25) is 0 Å². The van der Waals surface area contributed by atoms with E-state index in [1.165, 1.54) is 0 Å². The smallest absolute Gasteiger partial charge is 0.157 e. The van der Waals surface area contributed by atoms with Crippen LogP contribution in [0.2, 0.25) is 5.02 Å². The summed E-state index contributed by atoms with van der Waals surface area (Å²) in [6.07, 6.45) is 3.50. The Morgan fingerprint density at radius 3 is 2.94 bits per heavy atom. The van der Waals surface area contributed by atoms with Gasteiger partial charge in [0.1, 0.15) is 6.61 Å². The molecule has 0 unspecified atom stereocenters. The summed E-state index contributed by atoms with van der Waals surface area (Å²) in [5.41, 5.74) is 6.39. The van der Waals surface area contributed by atoms with Gasteiger partial charge in [-0.15, -0.1) is 0 Å². The second-order valence-electron chi connectivity index (χ2n) is 3.61. The molecule has 1 heterocycles. The van der Waals surface area contributed by atoms with Crippen molar-refractivity contribution >= 4 is 11.6 Å². The lowest BCUT2D eigenvalue weighted by Crippen LogP contribution is -2.09. The molecule has 0 aliphatic carbocycles. The van der Waals surface area contributed by atoms with E-state index in [2.05, 4.69) is 5.10 Å². The maximum atomic E-state index is 6.03. The fourth-order valence-corrected chi connectivity index (χ4v) is 1.64. The predicted molar refractivity (Wildman–Crippen MR) is 67.1 cm³/mol. The van der Waals surface area contributed by atoms with Crippen LogP contribution in [0.15, 0.2) is 36.7 Å². The Balaban J connectivity index is 1.95. The molecule has 0 atom stereocenters. The van der Waals surface area contributed by atoms with E-state index in [4.69, 9.17) is 22.1 Å². The topological polar surface area (TPSA) is 53.1 Å². The van der Waals surface area contributed by atoms with Crippen LogP contribution in [0.25, 0.3) is 0 Å². The number of nitrogens with zero attached hydrogens (tertiary/aromatic N) is 2. The molecule has 0 aliphatic rings.